The van der Waals surface area contributed by atoms with E-state index in [0.717, 1.165) is 31.4 Å². The molecule has 1 saturated heterocycles. The Balaban J connectivity index is 1.68. The monoisotopic (exact) mass is 276 g/mol. The van der Waals surface area contributed by atoms with Gasteiger partial charge in [0.1, 0.15) is 5.82 Å². The molecule has 20 heavy (non-hydrogen) atoms. The fourth-order valence-electron chi connectivity index (χ4n) is 3.60. The number of hydrogen-bond donors (Lipinski definition) is 1. The van der Waals surface area contributed by atoms with E-state index in [4.69, 9.17) is 0 Å². The SMILES string of the molecule is CCC1CN(CCn2ccnc2C)C(C)(C2CC2)CN1. The zero-order valence-electron chi connectivity index (χ0n) is 13.1. The molecule has 4 nitrogen and oxygen atoms in total. The maximum absolute atomic E-state index is 4.33. The number of rotatable bonds is 5. The van der Waals surface area contributed by atoms with E-state index in [0.29, 0.717) is 11.6 Å². The molecule has 3 rings (SSSR count). The van der Waals surface area contributed by atoms with Crippen molar-refractivity contribution in [2.75, 3.05) is 19.6 Å². The minimum Gasteiger partial charge on any atom is -0.334 e. The van der Waals surface area contributed by atoms with Gasteiger partial charge in [0.25, 0.3) is 0 Å². The molecule has 1 aromatic rings. The van der Waals surface area contributed by atoms with Crippen molar-refractivity contribution in [2.45, 2.75) is 58.2 Å². The number of aryl methyl sites for hydroxylation is 1. The normalized spacial score (nSPS) is 31.6. The average Bonchev–Trinajstić information content (AvgIpc) is 3.23. The maximum atomic E-state index is 4.33. The van der Waals surface area contributed by atoms with Crippen LogP contribution in [-0.2, 0) is 6.54 Å². The van der Waals surface area contributed by atoms with Crippen molar-refractivity contribution >= 4 is 0 Å². The summed E-state index contributed by atoms with van der Waals surface area (Å²) in [4.78, 5) is 7.07. The highest BCUT2D eigenvalue weighted by Crippen LogP contribution is 2.44. The molecule has 0 amide bonds. The molecule has 2 fully saturated rings. The van der Waals surface area contributed by atoms with Crippen molar-refractivity contribution in [3.63, 3.8) is 0 Å². The number of nitrogens with one attached hydrogen (secondary N) is 1. The third-order valence-electron chi connectivity index (χ3n) is 5.40. The molecule has 0 spiro atoms. The summed E-state index contributed by atoms with van der Waals surface area (Å²) in [7, 11) is 0. The number of hydrogen-bond acceptors (Lipinski definition) is 3. The van der Waals surface area contributed by atoms with Crippen LogP contribution in [0.3, 0.4) is 0 Å². The van der Waals surface area contributed by atoms with E-state index in [9.17, 15) is 0 Å². The van der Waals surface area contributed by atoms with Crippen LogP contribution in [0.1, 0.15) is 38.9 Å². The van der Waals surface area contributed by atoms with Gasteiger partial charge in [0.15, 0.2) is 0 Å². The topological polar surface area (TPSA) is 33.1 Å². The molecule has 2 atom stereocenters. The van der Waals surface area contributed by atoms with Crippen LogP contribution < -0.4 is 5.32 Å². The van der Waals surface area contributed by atoms with E-state index in [2.05, 4.69) is 46.7 Å². The van der Waals surface area contributed by atoms with Gasteiger partial charge in [-0.1, -0.05) is 6.92 Å². The van der Waals surface area contributed by atoms with E-state index in [1.807, 2.05) is 6.20 Å². The molecule has 1 saturated carbocycles. The second-order valence-corrected chi connectivity index (χ2v) is 6.73. The van der Waals surface area contributed by atoms with Crippen molar-refractivity contribution in [3.05, 3.63) is 18.2 Å². The predicted octanol–water partition coefficient (Wildman–Crippen LogP) is 2.04. The molecule has 4 heteroatoms. The van der Waals surface area contributed by atoms with Gasteiger partial charge < -0.3 is 9.88 Å². The molecule has 1 aliphatic heterocycles. The Morgan fingerprint density at radius 1 is 1.40 bits per heavy atom. The van der Waals surface area contributed by atoms with E-state index >= 15 is 0 Å². The van der Waals surface area contributed by atoms with Gasteiger partial charge in [-0.2, -0.15) is 0 Å². The Bertz CT molecular complexity index is 451. The largest absolute Gasteiger partial charge is 0.334 e. The van der Waals surface area contributed by atoms with Gasteiger partial charge in [0, 0.05) is 50.2 Å². The summed E-state index contributed by atoms with van der Waals surface area (Å²) in [5.74, 6) is 2.02. The Morgan fingerprint density at radius 2 is 2.20 bits per heavy atom. The number of imidazole rings is 1. The summed E-state index contributed by atoms with van der Waals surface area (Å²) in [6.07, 6.45) is 8.05. The van der Waals surface area contributed by atoms with Gasteiger partial charge in [-0.15, -0.1) is 0 Å². The first-order chi connectivity index (χ1) is 9.63. The van der Waals surface area contributed by atoms with Gasteiger partial charge in [-0.25, -0.2) is 4.98 Å². The van der Waals surface area contributed by atoms with Crippen molar-refractivity contribution in [1.29, 1.82) is 0 Å². The first kappa shape index (κ1) is 14.1. The molecule has 1 N–H and O–H groups in total. The van der Waals surface area contributed by atoms with Crippen molar-refractivity contribution in [3.8, 4) is 0 Å². The first-order valence-corrected chi connectivity index (χ1v) is 8.09. The molecule has 1 aliphatic carbocycles. The third-order valence-corrected chi connectivity index (χ3v) is 5.40. The molecule has 2 unspecified atom stereocenters. The van der Waals surface area contributed by atoms with Gasteiger partial charge in [-0.3, -0.25) is 4.90 Å². The number of piperazine rings is 1. The molecular weight excluding hydrogens is 248 g/mol. The summed E-state index contributed by atoms with van der Waals surface area (Å²) in [6, 6.07) is 0.658. The lowest BCUT2D eigenvalue weighted by Crippen LogP contribution is -2.64. The summed E-state index contributed by atoms with van der Waals surface area (Å²) < 4.78 is 2.27. The summed E-state index contributed by atoms with van der Waals surface area (Å²) in [6.45, 7) is 11.4. The van der Waals surface area contributed by atoms with Crippen LogP contribution in [0.5, 0.6) is 0 Å². The Labute approximate surface area is 122 Å². The molecule has 2 aliphatic rings. The molecule has 2 heterocycles. The van der Waals surface area contributed by atoms with Crippen LogP contribution in [0.4, 0.5) is 0 Å². The van der Waals surface area contributed by atoms with Crippen LogP contribution in [-0.4, -0.2) is 45.7 Å². The van der Waals surface area contributed by atoms with Gasteiger partial charge in [0.2, 0.25) is 0 Å². The zero-order valence-corrected chi connectivity index (χ0v) is 13.1. The van der Waals surface area contributed by atoms with Crippen LogP contribution in [0.25, 0.3) is 0 Å². The molecular formula is C16H28N4. The summed E-state index contributed by atoms with van der Waals surface area (Å²) >= 11 is 0. The summed E-state index contributed by atoms with van der Waals surface area (Å²) in [5.41, 5.74) is 0.361. The summed E-state index contributed by atoms with van der Waals surface area (Å²) in [5, 5.41) is 3.75. The Hall–Kier alpha value is -0.870. The predicted molar refractivity (Wildman–Crippen MR) is 81.7 cm³/mol. The molecule has 1 aromatic heterocycles. The van der Waals surface area contributed by atoms with E-state index in [1.54, 1.807) is 0 Å². The molecule has 0 aromatic carbocycles. The van der Waals surface area contributed by atoms with Crippen LogP contribution in [0.15, 0.2) is 12.4 Å². The number of nitrogens with zero attached hydrogens (tertiary/aromatic N) is 3. The fraction of sp³-hybridized carbons (Fsp3) is 0.812. The smallest absolute Gasteiger partial charge is 0.105 e. The van der Waals surface area contributed by atoms with Crippen molar-refractivity contribution in [1.82, 2.24) is 19.8 Å². The standard InChI is InChI=1S/C16H28N4/c1-4-15-11-20(10-9-19-8-7-17-13(19)2)16(3,12-18-15)14-5-6-14/h7-8,14-15,18H,4-6,9-12H2,1-3H3. The van der Waals surface area contributed by atoms with Crippen LogP contribution in [0.2, 0.25) is 0 Å². The van der Waals surface area contributed by atoms with Crippen molar-refractivity contribution < 1.29 is 0 Å². The van der Waals surface area contributed by atoms with Gasteiger partial charge >= 0.3 is 0 Å². The van der Waals surface area contributed by atoms with Gasteiger partial charge in [-0.05, 0) is 39.0 Å². The Morgan fingerprint density at radius 3 is 2.80 bits per heavy atom. The third kappa shape index (κ3) is 2.63. The Kier molecular flexibility index (Phi) is 3.87. The van der Waals surface area contributed by atoms with Crippen molar-refractivity contribution in [2.24, 2.45) is 5.92 Å². The van der Waals surface area contributed by atoms with E-state index < -0.39 is 0 Å². The highest BCUT2D eigenvalue weighted by Gasteiger charge is 2.47. The van der Waals surface area contributed by atoms with Crippen LogP contribution >= 0.6 is 0 Å². The highest BCUT2D eigenvalue weighted by atomic mass is 15.3. The minimum absolute atomic E-state index is 0.361. The lowest BCUT2D eigenvalue weighted by atomic mass is 9.89. The molecule has 112 valence electrons. The van der Waals surface area contributed by atoms with E-state index in [-0.39, 0.29) is 0 Å². The number of aromatic nitrogens is 2. The van der Waals surface area contributed by atoms with Gasteiger partial charge in [0.05, 0.1) is 0 Å². The minimum atomic E-state index is 0.361. The second kappa shape index (κ2) is 5.49. The average molecular weight is 276 g/mol. The second-order valence-electron chi connectivity index (χ2n) is 6.73. The lowest BCUT2D eigenvalue weighted by molar-refractivity contribution is 0.0312. The highest BCUT2D eigenvalue weighted by molar-refractivity contribution is 5.05. The fourth-order valence-corrected chi connectivity index (χ4v) is 3.60. The lowest BCUT2D eigenvalue weighted by Gasteiger charge is -2.48. The molecule has 0 bridgehead atoms. The maximum Gasteiger partial charge on any atom is 0.105 e. The zero-order chi connectivity index (χ0) is 14.2. The quantitative estimate of drug-likeness (QED) is 0.893. The first-order valence-electron chi connectivity index (χ1n) is 8.09. The molecule has 0 radical (unpaired) electrons. The van der Waals surface area contributed by atoms with Crippen LogP contribution in [0, 0.1) is 12.8 Å². The van der Waals surface area contributed by atoms with E-state index in [1.165, 1.54) is 25.8 Å².